The van der Waals surface area contributed by atoms with Crippen LogP contribution in [0, 0.1) is 6.92 Å². The number of rotatable bonds is 9. The zero-order chi connectivity index (χ0) is 19.9. The molecule has 0 spiro atoms. The predicted molar refractivity (Wildman–Crippen MR) is 108 cm³/mol. The van der Waals surface area contributed by atoms with Gasteiger partial charge in [0, 0.05) is 12.6 Å². The molecular formula is C21H28N2O3S. The van der Waals surface area contributed by atoms with Gasteiger partial charge >= 0.3 is 0 Å². The molecule has 1 amide bonds. The first-order valence-electron chi connectivity index (χ1n) is 9.23. The molecule has 0 aliphatic heterocycles. The fourth-order valence-corrected chi connectivity index (χ4v) is 4.24. The van der Waals surface area contributed by atoms with E-state index in [9.17, 15) is 13.2 Å². The molecule has 2 aromatic rings. The van der Waals surface area contributed by atoms with E-state index in [1.165, 1.54) is 4.31 Å². The summed E-state index contributed by atoms with van der Waals surface area (Å²) in [6.07, 6.45) is 1.81. The molecule has 0 fully saturated rings. The van der Waals surface area contributed by atoms with E-state index in [4.69, 9.17) is 0 Å². The summed E-state index contributed by atoms with van der Waals surface area (Å²) in [6, 6.07) is 16.0. The van der Waals surface area contributed by atoms with E-state index in [1.54, 1.807) is 24.3 Å². The van der Waals surface area contributed by atoms with Gasteiger partial charge in [-0.05, 0) is 38.0 Å². The molecule has 0 aromatic heterocycles. The quantitative estimate of drug-likeness (QED) is 0.715. The van der Waals surface area contributed by atoms with Gasteiger partial charge in [0.1, 0.15) is 0 Å². The number of sulfonamides is 1. The standard InChI is InChI=1S/C21H28N2O3S/c1-4-8-18(3)22-21(24)16-23(15-19-9-6-5-7-10-19)27(25,26)20-13-11-17(2)12-14-20/h5-7,9-14,18H,4,8,15-16H2,1-3H3,(H,22,24)/t18-/m0/s1. The van der Waals surface area contributed by atoms with Gasteiger partial charge in [0.05, 0.1) is 11.4 Å². The first-order chi connectivity index (χ1) is 12.8. The summed E-state index contributed by atoms with van der Waals surface area (Å²) in [7, 11) is -3.79. The minimum atomic E-state index is -3.79. The summed E-state index contributed by atoms with van der Waals surface area (Å²) in [6.45, 7) is 5.82. The van der Waals surface area contributed by atoms with Crippen molar-refractivity contribution in [2.45, 2.75) is 51.1 Å². The SMILES string of the molecule is CCC[C@H](C)NC(=O)CN(Cc1ccccc1)S(=O)(=O)c1ccc(C)cc1. The second kappa shape index (κ2) is 9.67. The average Bonchev–Trinajstić information content (AvgIpc) is 2.62. The molecule has 2 rings (SSSR count). The monoisotopic (exact) mass is 388 g/mol. The highest BCUT2D eigenvalue weighted by Gasteiger charge is 2.27. The fourth-order valence-electron chi connectivity index (χ4n) is 2.86. The van der Waals surface area contributed by atoms with Gasteiger partial charge < -0.3 is 5.32 Å². The first kappa shape index (κ1) is 21.1. The Morgan fingerprint density at radius 1 is 1.07 bits per heavy atom. The summed E-state index contributed by atoms with van der Waals surface area (Å²) in [5.41, 5.74) is 1.82. The normalized spacial score (nSPS) is 12.7. The maximum absolute atomic E-state index is 13.1. The molecule has 0 heterocycles. The molecule has 5 nitrogen and oxygen atoms in total. The van der Waals surface area contributed by atoms with Crippen LogP contribution in [-0.2, 0) is 21.4 Å². The molecule has 6 heteroatoms. The van der Waals surface area contributed by atoms with Crippen LogP contribution in [0.2, 0.25) is 0 Å². The molecule has 0 saturated heterocycles. The summed E-state index contributed by atoms with van der Waals surface area (Å²) >= 11 is 0. The van der Waals surface area contributed by atoms with Crippen molar-refractivity contribution in [3.05, 3.63) is 65.7 Å². The third kappa shape index (κ3) is 6.19. The van der Waals surface area contributed by atoms with Crippen LogP contribution in [-0.4, -0.2) is 31.2 Å². The van der Waals surface area contributed by atoms with Crippen molar-refractivity contribution in [1.82, 2.24) is 9.62 Å². The summed E-state index contributed by atoms with van der Waals surface area (Å²) < 4.78 is 27.5. The molecule has 2 aromatic carbocycles. The Hall–Kier alpha value is -2.18. The number of nitrogens with zero attached hydrogens (tertiary/aromatic N) is 1. The van der Waals surface area contributed by atoms with Crippen LogP contribution >= 0.6 is 0 Å². The molecular weight excluding hydrogens is 360 g/mol. The Morgan fingerprint density at radius 3 is 2.30 bits per heavy atom. The molecule has 0 radical (unpaired) electrons. The number of carbonyl (C=O) groups excluding carboxylic acids is 1. The van der Waals surface area contributed by atoms with Crippen LogP contribution in [0.3, 0.4) is 0 Å². The molecule has 0 saturated carbocycles. The highest BCUT2D eigenvalue weighted by Crippen LogP contribution is 2.19. The number of benzene rings is 2. The number of aryl methyl sites for hydroxylation is 1. The lowest BCUT2D eigenvalue weighted by Gasteiger charge is -2.23. The third-order valence-corrected chi connectivity index (χ3v) is 6.12. The lowest BCUT2D eigenvalue weighted by Crippen LogP contribution is -2.43. The Kier molecular flexibility index (Phi) is 7.56. The third-order valence-electron chi connectivity index (χ3n) is 4.31. The van der Waals surface area contributed by atoms with Crippen LogP contribution in [0.25, 0.3) is 0 Å². The van der Waals surface area contributed by atoms with Gasteiger partial charge in [0.2, 0.25) is 15.9 Å². The van der Waals surface area contributed by atoms with E-state index in [1.807, 2.05) is 51.1 Å². The van der Waals surface area contributed by atoms with Crippen molar-refractivity contribution >= 4 is 15.9 Å². The van der Waals surface area contributed by atoms with Crippen molar-refractivity contribution < 1.29 is 13.2 Å². The van der Waals surface area contributed by atoms with E-state index >= 15 is 0 Å². The zero-order valence-corrected chi connectivity index (χ0v) is 17.0. The number of hydrogen-bond donors (Lipinski definition) is 1. The lowest BCUT2D eigenvalue weighted by molar-refractivity contribution is -0.122. The maximum atomic E-state index is 13.1. The van der Waals surface area contributed by atoms with Crippen molar-refractivity contribution in [1.29, 1.82) is 0 Å². The molecule has 0 unspecified atom stereocenters. The summed E-state index contributed by atoms with van der Waals surface area (Å²) in [5, 5.41) is 2.88. The van der Waals surface area contributed by atoms with Gasteiger partial charge in [0.15, 0.2) is 0 Å². The number of hydrogen-bond acceptors (Lipinski definition) is 3. The Balaban J connectivity index is 2.26. The fraction of sp³-hybridized carbons (Fsp3) is 0.381. The van der Waals surface area contributed by atoms with Gasteiger partial charge in [-0.1, -0.05) is 61.4 Å². The second-order valence-electron chi connectivity index (χ2n) is 6.83. The summed E-state index contributed by atoms with van der Waals surface area (Å²) in [5.74, 6) is -0.289. The van der Waals surface area contributed by atoms with Crippen LogP contribution in [0.5, 0.6) is 0 Å². The van der Waals surface area contributed by atoms with E-state index in [0.29, 0.717) is 0 Å². The van der Waals surface area contributed by atoms with Crippen molar-refractivity contribution in [3.63, 3.8) is 0 Å². The van der Waals surface area contributed by atoms with Crippen molar-refractivity contribution in [2.75, 3.05) is 6.54 Å². The molecule has 0 bridgehead atoms. The van der Waals surface area contributed by atoms with Gasteiger partial charge in [-0.3, -0.25) is 4.79 Å². The number of amides is 1. The van der Waals surface area contributed by atoms with E-state index < -0.39 is 10.0 Å². The van der Waals surface area contributed by atoms with Gasteiger partial charge in [-0.25, -0.2) is 8.42 Å². The van der Waals surface area contributed by atoms with Gasteiger partial charge in [0.25, 0.3) is 0 Å². The average molecular weight is 389 g/mol. The van der Waals surface area contributed by atoms with Crippen LogP contribution in [0.1, 0.15) is 37.8 Å². The molecule has 1 N–H and O–H groups in total. The highest BCUT2D eigenvalue weighted by molar-refractivity contribution is 7.89. The molecule has 27 heavy (non-hydrogen) atoms. The van der Waals surface area contributed by atoms with Crippen LogP contribution in [0.4, 0.5) is 0 Å². The molecule has 1 atom stereocenters. The topological polar surface area (TPSA) is 66.5 Å². The molecule has 146 valence electrons. The zero-order valence-electron chi connectivity index (χ0n) is 16.2. The van der Waals surface area contributed by atoms with E-state index in [0.717, 1.165) is 24.0 Å². The number of carbonyl (C=O) groups is 1. The lowest BCUT2D eigenvalue weighted by atomic mass is 10.2. The predicted octanol–water partition coefficient (Wildman–Crippen LogP) is 3.49. The van der Waals surface area contributed by atoms with Crippen molar-refractivity contribution in [3.8, 4) is 0 Å². The largest absolute Gasteiger partial charge is 0.353 e. The van der Waals surface area contributed by atoms with Gasteiger partial charge in [-0.15, -0.1) is 0 Å². The molecule has 0 aliphatic rings. The minimum absolute atomic E-state index is 0.0168. The van der Waals surface area contributed by atoms with Crippen molar-refractivity contribution in [2.24, 2.45) is 0 Å². The van der Waals surface area contributed by atoms with Gasteiger partial charge in [-0.2, -0.15) is 4.31 Å². The van der Waals surface area contributed by atoms with E-state index in [2.05, 4.69) is 5.32 Å². The minimum Gasteiger partial charge on any atom is -0.353 e. The first-order valence-corrected chi connectivity index (χ1v) is 10.7. The Bertz CT molecular complexity index is 833. The van der Waals surface area contributed by atoms with Crippen LogP contribution < -0.4 is 5.32 Å². The summed E-state index contributed by atoms with van der Waals surface area (Å²) in [4.78, 5) is 12.6. The maximum Gasteiger partial charge on any atom is 0.243 e. The number of nitrogens with one attached hydrogen (secondary N) is 1. The Morgan fingerprint density at radius 2 is 1.70 bits per heavy atom. The second-order valence-corrected chi connectivity index (χ2v) is 8.77. The highest BCUT2D eigenvalue weighted by atomic mass is 32.2. The smallest absolute Gasteiger partial charge is 0.243 e. The van der Waals surface area contributed by atoms with Crippen LogP contribution in [0.15, 0.2) is 59.5 Å². The Labute approximate surface area is 162 Å². The van der Waals surface area contributed by atoms with E-state index in [-0.39, 0.29) is 29.9 Å². The molecule has 0 aliphatic carbocycles.